The summed E-state index contributed by atoms with van der Waals surface area (Å²) < 4.78 is 27.0. The fourth-order valence-corrected chi connectivity index (χ4v) is 4.19. The van der Waals surface area contributed by atoms with Gasteiger partial charge in [0, 0.05) is 26.2 Å². The second-order valence-corrected chi connectivity index (χ2v) is 8.91. The highest BCUT2D eigenvalue weighted by atomic mass is 32.2. The Balaban J connectivity index is 1.55. The molecule has 2 aliphatic rings. The van der Waals surface area contributed by atoms with Gasteiger partial charge in [-0.05, 0) is 37.9 Å². The molecule has 0 aliphatic carbocycles. The van der Waals surface area contributed by atoms with E-state index in [1.165, 1.54) is 37.9 Å². The van der Waals surface area contributed by atoms with E-state index in [9.17, 15) is 8.42 Å². The summed E-state index contributed by atoms with van der Waals surface area (Å²) in [6.07, 6.45) is 3.82. The molecule has 0 radical (unpaired) electrons. The molecule has 3 heterocycles. The minimum atomic E-state index is -3.18. The van der Waals surface area contributed by atoms with Gasteiger partial charge < -0.3 is 4.90 Å². The Kier molecular flexibility index (Phi) is 5.59. The summed E-state index contributed by atoms with van der Waals surface area (Å²) in [5.41, 5.74) is 1.99. The van der Waals surface area contributed by atoms with Crippen molar-refractivity contribution in [2.24, 2.45) is 5.92 Å². The second kappa shape index (κ2) is 7.51. The molecule has 24 heavy (non-hydrogen) atoms. The second-order valence-electron chi connectivity index (χ2n) is 7.08. The lowest BCUT2D eigenvalue weighted by Crippen LogP contribution is -2.43. The first-order chi connectivity index (χ1) is 11.4. The third kappa shape index (κ3) is 4.78. The Bertz CT molecular complexity index is 657. The third-order valence-corrected chi connectivity index (χ3v) is 5.68. The van der Waals surface area contributed by atoms with Crippen LogP contribution in [0.5, 0.6) is 0 Å². The summed E-state index contributed by atoms with van der Waals surface area (Å²) >= 11 is 0. The number of likely N-dealkylation sites (tertiary alicyclic amines) is 1. The van der Waals surface area contributed by atoms with Gasteiger partial charge in [-0.25, -0.2) is 13.1 Å². The topological polar surface area (TPSA) is 70.5 Å². The Hall–Kier alpha value is -0.960. The molecule has 2 aliphatic heterocycles. The maximum Gasteiger partial charge on any atom is 0.209 e. The molecule has 1 aromatic rings. The monoisotopic (exact) mass is 355 g/mol. The van der Waals surface area contributed by atoms with E-state index in [1.807, 2.05) is 10.7 Å². The van der Waals surface area contributed by atoms with Crippen molar-refractivity contribution < 1.29 is 8.42 Å². The summed E-state index contributed by atoms with van der Waals surface area (Å²) in [5.74, 6) is 0.763. The first-order valence-electron chi connectivity index (χ1n) is 8.88. The molecule has 0 aromatic carbocycles. The van der Waals surface area contributed by atoms with Crippen molar-refractivity contribution in [2.45, 2.75) is 39.4 Å². The lowest BCUT2D eigenvalue weighted by atomic mass is 9.97. The summed E-state index contributed by atoms with van der Waals surface area (Å²) in [6.45, 7) is 10.1. The number of hydrogen-bond donors (Lipinski definition) is 1. The van der Waals surface area contributed by atoms with Crippen molar-refractivity contribution in [1.29, 1.82) is 0 Å². The number of piperidine rings is 1. The van der Waals surface area contributed by atoms with E-state index in [0.29, 0.717) is 0 Å². The lowest BCUT2D eigenvalue weighted by Gasteiger charge is -2.36. The van der Waals surface area contributed by atoms with Crippen LogP contribution in [-0.4, -0.2) is 67.0 Å². The van der Waals surface area contributed by atoms with Crippen LogP contribution in [0.4, 0.5) is 0 Å². The van der Waals surface area contributed by atoms with E-state index in [1.54, 1.807) is 0 Å². The van der Waals surface area contributed by atoms with Gasteiger partial charge in [0.15, 0.2) is 0 Å². The highest BCUT2D eigenvalue weighted by Crippen LogP contribution is 2.20. The van der Waals surface area contributed by atoms with Crippen LogP contribution >= 0.6 is 0 Å². The van der Waals surface area contributed by atoms with Crippen molar-refractivity contribution in [3.8, 4) is 0 Å². The highest BCUT2D eigenvalue weighted by Gasteiger charge is 2.24. The Morgan fingerprint density at radius 2 is 2.12 bits per heavy atom. The molecule has 8 heteroatoms. The van der Waals surface area contributed by atoms with Gasteiger partial charge in [-0.1, -0.05) is 6.92 Å². The maximum absolute atomic E-state index is 11.2. The fraction of sp³-hybridized carbons (Fsp3) is 0.812. The van der Waals surface area contributed by atoms with Crippen LogP contribution in [0.1, 0.15) is 31.2 Å². The molecule has 0 spiro atoms. The van der Waals surface area contributed by atoms with Gasteiger partial charge in [0.25, 0.3) is 0 Å². The molecule has 1 N–H and O–H groups in total. The van der Waals surface area contributed by atoms with Crippen LogP contribution < -0.4 is 4.72 Å². The summed E-state index contributed by atoms with van der Waals surface area (Å²) in [6, 6.07) is 2.03. The smallest absolute Gasteiger partial charge is 0.209 e. The molecular weight excluding hydrogens is 326 g/mol. The fourth-order valence-electron chi connectivity index (χ4n) is 3.78. The summed E-state index contributed by atoms with van der Waals surface area (Å²) in [7, 11) is -3.18. The standard InChI is InChI=1S/C16H29N5O2S/c1-3-19-6-4-5-14(11-19)12-20-7-8-21-16(13-20)9-15(18-21)10-17-24(2,22)23/h9,14,17H,3-8,10-13H2,1-2H3/t14-/m1/s1. The Morgan fingerprint density at radius 3 is 2.88 bits per heavy atom. The SMILES string of the molecule is CCN1CCC[C@@H](CN2CCn3nc(CNS(C)(=O)=O)cc3C2)C1. The zero-order chi connectivity index (χ0) is 17.2. The largest absolute Gasteiger partial charge is 0.303 e. The molecule has 3 rings (SSSR count). The number of nitrogens with zero attached hydrogens (tertiary/aromatic N) is 4. The number of fused-ring (bicyclic) bond motifs is 1. The van der Waals surface area contributed by atoms with Gasteiger partial charge in [-0.15, -0.1) is 0 Å². The predicted octanol–water partition coefficient (Wildman–Crippen LogP) is 0.480. The van der Waals surface area contributed by atoms with Crippen molar-refractivity contribution in [3.63, 3.8) is 0 Å². The average molecular weight is 356 g/mol. The zero-order valence-electron chi connectivity index (χ0n) is 14.7. The number of rotatable bonds is 6. The predicted molar refractivity (Wildman–Crippen MR) is 94.0 cm³/mol. The third-order valence-electron chi connectivity index (χ3n) is 5.01. The van der Waals surface area contributed by atoms with Gasteiger partial charge in [0.05, 0.1) is 30.7 Å². The van der Waals surface area contributed by atoms with E-state index in [2.05, 4.69) is 26.5 Å². The molecule has 1 aromatic heterocycles. The van der Waals surface area contributed by atoms with Crippen molar-refractivity contribution in [2.75, 3.05) is 39.0 Å². The van der Waals surface area contributed by atoms with Gasteiger partial charge in [0.1, 0.15) is 0 Å². The van der Waals surface area contributed by atoms with Crippen molar-refractivity contribution in [1.82, 2.24) is 24.3 Å². The number of nitrogens with one attached hydrogen (secondary N) is 1. The molecule has 0 bridgehead atoms. The van der Waals surface area contributed by atoms with Crippen LogP contribution in [0.15, 0.2) is 6.07 Å². The summed E-state index contributed by atoms with van der Waals surface area (Å²) in [4.78, 5) is 5.08. The van der Waals surface area contributed by atoms with Crippen molar-refractivity contribution >= 4 is 10.0 Å². The maximum atomic E-state index is 11.2. The van der Waals surface area contributed by atoms with E-state index in [-0.39, 0.29) is 6.54 Å². The van der Waals surface area contributed by atoms with E-state index < -0.39 is 10.0 Å². The minimum Gasteiger partial charge on any atom is -0.303 e. The molecule has 0 amide bonds. The normalized spacial score (nSPS) is 23.3. The van der Waals surface area contributed by atoms with Crippen LogP contribution in [0.25, 0.3) is 0 Å². The van der Waals surface area contributed by atoms with Crippen LogP contribution in [0, 0.1) is 5.92 Å². The molecule has 0 saturated carbocycles. The zero-order valence-corrected chi connectivity index (χ0v) is 15.6. The van der Waals surface area contributed by atoms with Crippen molar-refractivity contribution in [3.05, 3.63) is 17.5 Å². The Labute approximate surface area is 145 Å². The highest BCUT2D eigenvalue weighted by molar-refractivity contribution is 7.88. The van der Waals surface area contributed by atoms with E-state index >= 15 is 0 Å². The summed E-state index contributed by atoms with van der Waals surface area (Å²) in [5, 5.41) is 4.52. The molecule has 7 nitrogen and oxygen atoms in total. The van der Waals surface area contributed by atoms with Crippen LogP contribution in [-0.2, 0) is 29.7 Å². The lowest BCUT2D eigenvalue weighted by molar-refractivity contribution is 0.120. The van der Waals surface area contributed by atoms with Gasteiger partial charge >= 0.3 is 0 Å². The molecule has 0 unspecified atom stereocenters. The van der Waals surface area contributed by atoms with Gasteiger partial charge in [-0.3, -0.25) is 9.58 Å². The molecular formula is C16H29N5O2S. The molecule has 1 atom stereocenters. The molecule has 1 fully saturated rings. The van der Waals surface area contributed by atoms with E-state index in [0.717, 1.165) is 44.3 Å². The minimum absolute atomic E-state index is 0.271. The average Bonchev–Trinajstić information content (AvgIpc) is 2.95. The number of hydrogen-bond acceptors (Lipinski definition) is 5. The van der Waals surface area contributed by atoms with E-state index in [4.69, 9.17) is 0 Å². The number of aromatic nitrogens is 2. The molecule has 136 valence electrons. The number of sulfonamides is 1. The quantitative estimate of drug-likeness (QED) is 0.804. The first-order valence-corrected chi connectivity index (χ1v) is 10.8. The van der Waals surface area contributed by atoms with Crippen LogP contribution in [0.2, 0.25) is 0 Å². The van der Waals surface area contributed by atoms with Gasteiger partial charge in [0.2, 0.25) is 10.0 Å². The van der Waals surface area contributed by atoms with Crippen LogP contribution in [0.3, 0.4) is 0 Å². The molecule has 1 saturated heterocycles. The van der Waals surface area contributed by atoms with Gasteiger partial charge in [-0.2, -0.15) is 5.10 Å². The first kappa shape index (κ1) is 17.8. The Morgan fingerprint density at radius 1 is 1.29 bits per heavy atom.